The van der Waals surface area contributed by atoms with Gasteiger partial charge in [-0.05, 0) is 25.0 Å². The van der Waals surface area contributed by atoms with E-state index in [0.717, 1.165) is 11.3 Å². The van der Waals surface area contributed by atoms with Crippen molar-refractivity contribution in [2.45, 2.75) is 12.8 Å². The highest BCUT2D eigenvalue weighted by atomic mass is 35.5. The van der Waals surface area contributed by atoms with Gasteiger partial charge >= 0.3 is 5.97 Å². The number of anilines is 1. The first-order valence-electron chi connectivity index (χ1n) is 7.44. The molecule has 1 aliphatic rings. The van der Waals surface area contributed by atoms with E-state index in [1.54, 1.807) is 12.1 Å². The van der Waals surface area contributed by atoms with Gasteiger partial charge in [0.25, 0.3) is 0 Å². The SMILES string of the molecule is O=C(O)C1CC=CCC1C(=O)Nc1nc(-c2ccc(Cl)cc2)cs1. The Labute approximate surface area is 148 Å². The van der Waals surface area contributed by atoms with Crippen LogP contribution in [0.5, 0.6) is 0 Å². The Morgan fingerprint density at radius 3 is 2.50 bits per heavy atom. The molecule has 2 N–H and O–H groups in total. The van der Waals surface area contributed by atoms with Crippen molar-refractivity contribution >= 4 is 39.9 Å². The molecule has 24 heavy (non-hydrogen) atoms. The lowest BCUT2D eigenvalue weighted by atomic mass is 9.82. The van der Waals surface area contributed by atoms with Crippen molar-refractivity contribution < 1.29 is 14.7 Å². The van der Waals surface area contributed by atoms with Crippen LogP contribution in [-0.4, -0.2) is 22.0 Å². The van der Waals surface area contributed by atoms with Crippen molar-refractivity contribution in [3.05, 3.63) is 46.8 Å². The topological polar surface area (TPSA) is 79.3 Å². The zero-order valence-electron chi connectivity index (χ0n) is 12.6. The Morgan fingerprint density at radius 1 is 1.17 bits per heavy atom. The Bertz CT molecular complexity index is 785. The van der Waals surface area contributed by atoms with Crippen LogP contribution in [0.1, 0.15) is 12.8 Å². The lowest BCUT2D eigenvalue weighted by Gasteiger charge is -2.23. The van der Waals surface area contributed by atoms with Gasteiger partial charge in [0.05, 0.1) is 17.5 Å². The first-order chi connectivity index (χ1) is 11.5. The van der Waals surface area contributed by atoms with Crippen molar-refractivity contribution in [3.63, 3.8) is 0 Å². The average Bonchev–Trinajstić information content (AvgIpc) is 3.04. The number of carboxylic acid groups (broad SMARTS) is 1. The number of benzene rings is 1. The van der Waals surface area contributed by atoms with Crippen LogP contribution < -0.4 is 5.32 Å². The van der Waals surface area contributed by atoms with Crippen LogP contribution in [0, 0.1) is 11.8 Å². The maximum atomic E-state index is 12.4. The van der Waals surface area contributed by atoms with Crippen LogP contribution >= 0.6 is 22.9 Å². The molecule has 124 valence electrons. The van der Waals surface area contributed by atoms with E-state index in [1.165, 1.54) is 11.3 Å². The van der Waals surface area contributed by atoms with Gasteiger partial charge in [-0.3, -0.25) is 9.59 Å². The number of aliphatic carboxylic acids is 1. The third kappa shape index (κ3) is 3.66. The monoisotopic (exact) mass is 362 g/mol. The van der Waals surface area contributed by atoms with E-state index in [2.05, 4.69) is 10.3 Å². The molecule has 0 aliphatic heterocycles. The largest absolute Gasteiger partial charge is 0.481 e. The number of carboxylic acids is 1. The number of hydrogen-bond acceptors (Lipinski definition) is 4. The highest BCUT2D eigenvalue weighted by Gasteiger charge is 2.34. The maximum absolute atomic E-state index is 12.4. The third-order valence-corrected chi connectivity index (χ3v) is 4.97. The second kappa shape index (κ2) is 7.15. The summed E-state index contributed by atoms with van der Waals surface area (Å²) in [6, 6.07) is 7.27. The van der Waals surface area contributed by atoms with Crippen molar-refractivity contribution in [1.82, 2.24) is 4.98 Å². The van der Waals surface area contributed by atoms with Crippen LogP contribution in [0.4, 0.5) is 5.13 Å². The van der Waals surface area contributed by atoms with Gasteiger partial charge in [0.1, 0.15) is 0 Å². The van der Waals surface area contributed by atoms with E-state index in [-0.39, 0.29) is 5.91 Å². The molecule has 0 spiro atoms. The molecule has 7 heteroatoms. The standard InChI is InChI=1S/C17H15ClN2O3S/c18-11-7-5-10(6-8-11)14-9-24-17(19-14)20-15(21)12-3-1-2-4-13(12)16(22)23/h1-2,5-9,12-13H,3-4H2,(H,22,23)(H,19,20,21). The summed E-state index contributed by atoms with van der Waals surface area (Å²) in [4.78, 5) is 28.1. The molecule has 0 radical (unpaired) electrons. The summed E-state index contributed by atoms with van der Waals surface area (Å²) in [6.45, 7) is 0. The smallest absolute Gasteiger partial charge is 0.307 e. The Hall–Kier alpha value is -2.18. The van der Waals surface area contributed by atoms with Gasteiger partial charge in [0, 0.05) is 16.0 Å². The van der Waals surface area contributed by atoms with Crippen molar-refractivity contribution in [2.75, 3.05) is 5.32 Å². The molecular weight excluding hydrogens is 348 g/mol. The lowest BCUT2D eigenvalue weighted by molar-refractivity contribution is -0.146. The Morgan fingerprint density at radius 2 is 1.83 bits per heavy atom. The fourth-order valence-corrected chi connectivity index (χ4v) is 3.51. The van der Waals surface area contributed by atoms with Crippen molar-refractivity contribution in [3.8, 4) is 11.3 Å². The molecule has 3 rings (SSSR count). The molecule has 1 aromatic heterocycles. The first-order valence-corrected chi connectivity index (χ1v) is 8.70. The zero-order chi connectivity index (χ0) is 17.1. The molecule has 5 nitrogen and oxygen atoms in total. The minimum Gasteiger partial charge on any atom is -0.481 e. The van der Waals surface area contributed by atoms with Crippen molar-refractivity contribution in [1.29, 1.82) is 0 Å². The molecule has 0 saturated heterocycles. The number of nitrogens with one attached hydrogen (secondary N) is 1. The van der Waals surface area contributed by atoms with E-state index in [9.17, 15) is 14.7 Å². The number of amides is 1. The number of allylic oxidation sites excluding steroid dienone is 2. The number of rotatable bonds is 4. The number of halogens is 1. The normalized spacial score (nSPS) is 19.9. The number of carbonyl (C=O) groups excluding carboxylic acids is 1. The molecule has 1 heterocycles. The van der Waals surface area contributed by atoms with Gasteiger partial charge in [0.2, 0.25) is 5.91 Å². The van der Waals surface area contributed by atoms with Gasteiger partial charge in [-0.1, -0.05) is 35.9 Å². The average molecular weight is 363 g/mol. The number of thiazole rings is 1. The van der Waals surface area contributed by atoms with E-state index in [4.69, 9.17) is 11.6 Å². The molecule has 0 fully saturated rings. The Kier molecular flexibility index (Phi) is 4.97. The number of aromatic nitrogens is 1. The number of carbonyl (C=O) groups is 2. The van der Waals surface area contributed by atoms with Crippen LogP contribution in [-0.2, 0) is 9.59 Å². The summed E-state index contributed by atoms with van der Waals surface area (Å²) in [5.41, 5.74) is 1.64. The molecule has 2 aromatic rings. The summed E-state index contributed by atoms with van der Waals surface area (Å²) in [7, 11) is 0. The van der Waals surface area contributed by atoms with E-state index in [1.807, 2.05) is 29.7 Å². The first kappa shape index (κ1) is 16.7. The quantitative estimate of drug-likeness (QED) is 0.803. The third-order valence-electron chi connectivity index (χ3n) is 3.96. The number of nitrogens with zero attached hydrogens (tertiary/aromatic N) is 1. The lowest BCUT2D eigenvalue weighted by Crippen LogP contribution is -2.34. The molecule has 1 aromatic carbocycles. The van der Waals surface area contributed by atoms with E-state index >= 15 is 0 Å². The van der Waals surface area contributed by atoms with Gasteiger partial charge in [-0.2, -0.15) is 0 Å². The predicted octanol–water partition coefficient (Wildman–Crippen LogP) is 4.07. The highest BCUT2D eigenvalue weighted by molar-refractivity contribution is 7.14. The minimum atomic E-state index is -0.944. The van der Waals surface area contributed by atoms with Crippen molar-refractivity contribution in [2.24, 2.45) is 11.8 Å². The van der Waals surface area contributed by atoms with Crippen LogP contribution in [0.3, 0.4) is 0 Å². The zero-order valence-corrected chi connectivity index (χ0v) is 14.2. The van der Waals surface area contributed by atoms with Gasteiger partial charge in [-0.25, -0.2) is 4.98 Å². The van der Waals surface area contributed by atoms with Crippen LogP contribution in [0.2, 0.25) is 5.02 Å². The number of hydrogen-bond donors (Lipinski definition) is 2. The highest BCUT2D eigenvalue weighted by Crippen LogP contribution is 2.29. The maximum Gasteiger partial charge on any atom is 0.307 e. The molecule has 2 atom stereocenters. The molecule has 0 saturated carbocycles. The Balaban J connectivity index is 1.72. The second-order valence-corrected chi connectivity index (χ2v) is 6.82. The predicted molar refractivity (Wildman–Crippen MR) is 94.2 cm³/mol. The molecule has 2 unspecified atom stereocenters. The summed E-state index contributed by atoms with van der Waals surface area (Å²) in [5, 5.41) is 15.0. The summed E-state index contributed by atoms with van der Waals surface area (Å²) in [6.07, 6.45) is 4.47. The molecular formula is C17H15ClN2O3S. The van der Waals surface area contributed by atoms with Crippen LogP contribution in [0.25, 0.3) is 11.3 Å². The molecule has 0 bridgehead atoms. The van der Waals surface area contributed by atoms with E-state index in [0.29, 0.717) is 23.0 Å². The fourth-order valence-electron chi connectivity index (χ4n) is 2.66. The second-order valence-electron chi connectivity index (χ2n) is 5.53. The summed E-state index contributed by atoms with van der Waals surface area (Å²) < 4.78 is 0. The van der Waals surface area contributed by atoms with E-state index < -0.39 is 17.8 Å². The molecule has 1 aliphatic carbocycles. The minimum absolute atomic E-state index is 0.302. The van der Waals surface area contributed by atoms with Gasteiger partial charge in [0.15, 0.2) is 5.13 Å². The fraction of sp³-hybridized carbons (Fsp3) is 0.235. The van der Waals surface area contributed by atoms with Gasteiger partial charge in [-0.15, -0.1) is 11.3 Å². The van der Waals surface area contributed by atoms with Crippen LogP contribution in [0.15, 0.2) is 41.8 Å². The summed E-state index contributed by atoms with van der Waals surface area (Å²) in [5.74, 6) is -2.51. The van der Waals surface area contributed by atoms with Gasteiger partial charge < -0.3 is 10.4 Å². The summed E-state index contributed by atoms with van der Waals surface area (Å²) >= 11 is 7.18. The molecule has 1 amide bonds.